The van der Waals surface area contributed by atoms with E-state index >= 15 is 0 Å². The fraction of sp³-hybridized carbons (Fsp3) is 0.450. The van der Waals surface area contributed by atoms with Crippen LogP contribution in [-0.2, 0) is 11.2 Å². The molecular formula is C20H24FN5O2. The van der Waals surface area contributed by atoms with E-state index in [1.54, 1.807) is 6.92 Å². The van der Waals surface area contributed by atoms with Crippen LogP contribution in [0, 0.1) is 30.0 Å². The molecule has 1 fully saturated rings. The Hall–Kier alpha value is -2.76. The van der Waals surface area contributed by atoms with Crippen LogP contribution in [0.25, 0.3) is 10.9 Å². The van der Waals surface area contributed by atoms with E-state index in [0.717, 1.165) is 0 Å². The van der Waals surface area contributed by atoms with Crippen molar-refractivity contribution in [3.8, 4) is 6.07 Å². The molecule has 3 rings (SSSR count). The Morgan fingerprint density at radius 2 is 2.18 bits per heavy atom. The zero-order valence-corrected chi connectivity index (χ0v) is 16.1. The summed E-state index contributed by atoms with van der Waals surface area (Å²) < 4.78 is 13.6. The van der Waals surface area contributed by atoms with E-state index in [0.29, 0.717) is 28.5 Å². The molecular weight excluding hydrogens is 361 g/mol. The number of hydrogen-bond acceptors (Lipinski definition) is 5. The standard InChI is InChI=1S/C20H24FN5O2/c1-10-6-14(9-22)25-26-19(10)12(3)23-18(27)8-16-11(2)15-7-13(21)4-5-17(15)24-20(16)28/h4-5,7,10,12,14,19,25-26H,6,8H2,1-3H3,(H,23,27)(H,24,28)/t10?,12-,14?,19?/m1/s1. The van der Waals surface area contributed by atoms with E-state index in [2.05, 4.69) is 27.2 Å². The van der Waals surface area contributed by atoms with Crippen LogP contribution in [0.5, 0.6) is 0 Å². The molecule has 0 saturated carbocycles. The number of H-pyrrole nitrogens is 1. The Morgan fingerprint density at radius 3 is 2.86 bits per heavy atom. The van der Waals surface area contributed by atoms with E-state index in [-0.39, 0.29) is 41.9 Å². The van der Waals surface area contributed by atoms with Gasteiger partial charge in [-0.3, -0.25) is 15.0 Å². The third-order valence-corrected chi connectivity index (χ3v) is 5.43. The zero-order valence-electron chi connectivity index (χ0n) is 16.1. The lowest BCUT2D eigenvalue weighted by atomic mass is 9.88. The molecule has 0 radical (unpaired) electrons. The molecule has 7 nitrogen and oxygen atoms in total. The second-order valence-corrected chi connectivity index (χ2v) is 7.49. The maximum Gasteiger partial charge on any atom is 0.252 e. The highest BCUT2D eigenvalue weighted by Gasteiger charge is 2.31. The van der Waals surface area contributed by atoms with Crippen molar-refractivity contribution >= 4 is 16.8 Å². The van der Waals surface area contributed by atoms with Gasteiger partial charge in [-0.2, -0.15) is 5.26 Å². The number of aromatic nitrogens is 1. The van der Waals surface area contributed by atoms with Crippen LogP contribution < -0.4 is 21.7 Å². The summed E-state index contributed by atoms with van der Waals surface area (Å²) in [4.78, 5) is 27.7. The minimum absolute atomic E-state index is 0.0429. The highest BCUT2D eigenvalue weighted by molar-refractivity contribution is 5.85. The zero-order chi connectivity index (χ0) is 20.4. The molecule has 1 saturated heterocycles. The number of aryl methyl sites for hydroxylation is 1. The quantitative estimate of drug-likeness (QED) is 0.636. The number of carbonyl (C=O) groups is 1. The van der Waals surface area contributed by atoms with Crippen molar-refractivity contribution in [3.63, 3.8) is 0 Å². The lowest BCUT2D eigenvalue weighted by Gasteiger charge is -2.37. The molecule has 1 aromatic heterocycles. The van der Waals surface area contributed by atoms with Gasteiger partial charge < -0.3 is 10.3 Å². The molecule has 4 N–H and O–H groups in total. The fourth-order valence-electron chi connectivity index (χ4n) is 3.85. The van der Waals surface area contributed by atoms with E-state index in [4.69, 9.17) is 5.26 Å². The Bertz CT molecular complexity index is 996. The predicted molar refractivity (Wildman–Crippen MR) is 104 cm³/mol. The molecule has 1 amide bonds. The number of amides is 1. The van der Waals surface area contributed by atoms with E-state index < -0.39 is 5.82 Å². The monoisotopic (exact) mass is 385 g/mol. The number of carbonyl (C=O) groups excluding carboxylic acids is 1. The van der Waals surface area contributed by atoms with E-state index in [1.807, 2.05) is 13.8 Å². The van der Waals surface area contributed by atoms with Gasteiger partial charge in [0, 0.05) is 28.6 Å². The molecule has 0 spiro atoms. The van der Waals surface area contributed by atoms with Crippen LogP contribution >= 0.6 is 0 Å². The van der Waals surface area contributed by atoms with Gasteiger partial charge in [0.1, 0.15) is 11.9 Å². The van der Waals surface area contributed by atoms with Crippen molar-refractivity contribution in [1.82, 2.24) is 21.2 Å². The topological polar surface area (TPSA) is 110 Å². The third kappa shape index (κ3) is 4.06. The van der Waals surface area contributed by atoms with Gasteiger partial charge >= 0.3 is 0 Å². The average molecular weight is 385 g/mol. The molecule has 2 aromatic rings. The SMILES string of the molecule is Cc1c(CC(=O)N[C@H](C)C2NNC(C#N)CC2C)c(=O)[nH]c2ccc(F)cc12. The van der Waals surface area contributed by atoms with Crippen molar-refractivity contribution in [2.45, 2.75) is 51.7 Å². The van der Waals surface area contributed by atoms with Crippen LogP contribution in [0.1, 0.15) is 31.4 Å². The number of halogens is 1. The van der Waals surface area contributed by atoms with Gasteiger partial charge in [0.05, 0.1) is 12.5 Å². The number of nitriles is 1. The largest absolute Gasteiger partial charge is 0.352 e. The van der Waals surface area contributed by atoms with Crippen molar-refractivity contribution < 1.29 is 9.18 Å². The summed E-state index contributed by atoms with van der Waals surface area (Å²) in [6.07, 6.45) is 0.594. The first-order valence-corrected chi connectivity index (χ1v) is 9.31. The first-order chi connectivity index (χ1) is 13.3. The van der Waals surface area contributed by atoms with Gasteiger partial charge in [0.2, 0.25) is 5.91 Å². The molecule has 1 aromatic carbocycles. The summed E-state index contributed by atoms with van der Waals surface area (Å²) in [6.45, 7) is 5.63. The van der Waals surface area contributed by atoms with E-state index in [9.17, 15) is 14.0 Å². The van der Waals surface area contributed by atoms with Crippen LogP contribution in [0.4, 0.5) is 4.39 Å². The summed E-state index contributed by atoms with van der Waals surface area (Å²) >= 11 is 0. The Kier molecular flexibility index (Phi) is 5.77. The molecule has 148 valence electrons. The molecule has 4 atom stereocenters. The number of nitrogens with one attached hydrogen (secondary N) is 4. The summed E-state index contributed by atoms with van der Waals surface area (Å²) in [7, 11) is 0. The maximum absolute atomic E-state index is 13.6. The molecule has 3 unspecified atom stereocenters. The summed E-state index contributed by atoms with van der Waals surface area (Å²) in [6, 6.07) is 5.83. The fourth-order valence-corrected chi connectivity index (χ4v) is 3.85. The lowest BCUT2D eigenvalue weighted by Crippen LogP contribution is -2.62. The Morgan fingerprint density at radius 1 is 1.43 bits per heavy atom. The number of hydrogen-bond donors (Lipinski definition) is 4. The van der Waals surface area contributed by atoms with E-state index in [1.165, 1.54) is 18.2 Å². The smallest absolute Gasteiger partial charge is 0.252 e. The number of fused-ring (bicyclic) bond motifs is 1. The van der Waals surface area contributed by atoms with Gasteiger partial charge in [-0.25, -0.2) is 9.82 Å². The van der Waals surface area contributed by atoms with Crippen molar-refractivity contribution in [2.75, 3.05) is 0 Å². The van der Waals surface area contributed by atoms with Crippen molar-refractivity contribution in [2.24, 2.45) is 5.92 Å². The van der Waals surface area contributed by atoms with Gasteiger partial charge in [-0.15, -0.1) is 0 Å². The number of hydrazine groups is 1. The highest BCUT2D eigenvalue weighted by Crippen LogP contribution is 2.20. The summed E-state index contributed by atoms with van der Waals surface area (Å²) in [5, 5.41) is 12.5. The van der Waals surface area contributed by atoms with Gasteiger partial charge in [-0.1, -0.05) is 6.92 Å². The van der Waals surface area contributed by atoms with Gasteiger partial charge in [-0.05, 0) is 49.9 Å². The molecule has 2 heterocycles. The van der Waals surface area contributed by atoms with Gasteiger partial charge in [0.15, 0.2) is 0 Å². The molecule has 0 aliphatic carbocycles. The van der Waals surface area contributed by atoms with Crippen LogP contribution in [0.3, 0.4) is 0 Å². The molecule has 28 heavy (non-hydrogen) atoms. The summed E-state index contributed by atoms with van der Waals surface area (Å²) in [5.41, 5.74) is 7.16. The minimum atomic E-state index is -0.396. The van der Waals surface area contributed by atoms with Crippen LogP contribution in [0.2, 0.25) is 0 Å². The van der Waals surface area contributed by atoms with Crippen molar-refractivity contribution in [3.05, 3.63) is 45.5 Å². The second-order valence-electron chi connectivity index (χ2n) is 7.49. The third-order valence-electron chi connectivity index (χ3n) is 5.43. The molecule has 8 heteroatoms. The van der Waals surface area contributed by atoms with Gasteiger partial charge in [0.25, 0.3) is 5.56 Å². The Balaban J connectivity index is 1.73. The first kappa shape index (κ1) is 20.0. The first-order valence-electron chi connectivity index (χ1n) is 9.31. The molecule has 1 aliphatic rings. The number of aromatic amines is 1. The molecule has 1 aliphatic heterocycles. The number of nitrogens with zero attached hydrogens (tertiary/aromatic N) is 1. The molecule has 0 bridgehead atoms. The number of rotatable bonds is 4. The lowest BCUT2D eigenvalue weighted by molar-refractivity contribution is -0.121. The van der Waals surface area contributed by atoms with Crippen molar-refractivity contribution in [1.29, 1.82) is 5.26 Å². The number of pyridine rings is 1. The van der Waals surface area contributed by atoms with Crippen LogP contribution in [0.15, 0.2) is 23.0 Å². The Labute approximate surface area is 162 Å². The van der Waals surface area contributed by atoms with Crippen LogP contribution in [-0.4, -0.2) is 29.0 Å². The normalized spacial score (nSPS) is 23.2. The minimum Gasteiger partial charge on any atom is -0.352 e. The second kappa shape index (κ2) is 8.09. The number of benzene rings is 1. The average Bonchev–Trinajstić information content (AvgIpc) is 2.65. The maximum atomic E-state index is 13.6. The highest BCUT2D eigenvalue weighted by atomic mass is 19.1. The predicted octanol–water partition coefficient (Wildman–Crippen LogP) is 1.42. The summed E-state index contributed by atoms with van der Waals surface area (Å²) in [5.74, 6) is -0.490.